The molecular weight excluding hydrogens is 240 g/mol. The fraction of sp³-hybridized carbons (Fsp3) is 0.267. The average molecular weight is 260 g/mol. The van der Waals surface area contributed by atoms with Crippen LogP contribution in [0.25, 0.3) is 6.08 Å². The van der Waals surface area contributed by atoms with Crippen LogP contribution in [0.4, 0.5) is 5.69 Å². The van der Waals surface area contributed by atoms with Gasteiger partial charge >= 0.3 is 0 Å². The minimum Gasteiger partial charge on any atom is -0.399 e. The van der Waals surface area contributed by atoms with Crippen LogP contribution >= 0.6 is 0 Å². The molecule has 4 heteroatoms. The van der Waals surface area contributed by atoms with Gasteiger partial charge in [0.2, 0.25) is 5.91 Å². The second kappa shape index (κ2) is 8.11. The topological polar surface area (TPSA) is 55.6 Å². The molecule has 1 aromatic rings. The highest BCUT2D eigenvalue weighted by atomic mass is 16.5. The van der Waals surface area contributed by atoms with Gasteiger partial charge in [-0.2, -0.15) is 0 Å². The third kappa shape index (κ3) is 5.40. The van der Waals surface area contributed by atoms with Crippen LogP contribution in [-0.4, -0.2) is 37.6 Å². The molecule has 0 atom stereocenters. The van der Waals surface area contributed by atoms with Gasteiger partial charge in [0.1, 0.15) is 0 Å². The summed E-state index contributed by atoms with van der Waals surface area (Å²) in [6.07, 6.45) is 4.98. The Morgan fingerprint density at radius 2 is 2.32 bits per heavy atom. The lowest BCUT2D eigenvalue weighted by atomic mass is 10.2. The number of ether oxygens (including phenoxy) is 1. The number of methoxy groups -OCH3 is 1. The normalized spacial score (nSPS) is 10.6. The molecule has 4 nitrogen and oxygen atoms in total. The second-order valence-electron chi connectivity index (χ2n) is 4.07. The number of carbonyl (C=O) groups excluding carboxylic acids is 1. The van der Waals surface area contributed by atoms with E-state index in [9.17, 15) is 4.79 Å². The van der Waals surface area contributed by atoms with Gasteiger partial charge in [-0.15, -0.1) is 6.58 Å². The van der Waals surface area contributed by atoms with Crippen LogP contribution in [0.1, 0.15) is 5.56 Å². The van der Waals surface area contributed by atoms with Crippen molar-refractivity contribution in [1.82, 2.24) is 4.90 Å². The molecule has 0 saturated heterocycles. The number of rotatable bonds is 7. The summed E-state index contributed by atoms with van der Waals surface area (Å²) in [5, 5.41) is 0. The van der Waals surface area contributed by atoms with E-state index < -0.39 is 0 Å². The largest absolute Gasteiger partial charge is 0.399 e. The maximum atomic E-state index is 12.0. The Hall–Kier alpha value is -2.07. The van der Waals surface area contributed by atoms with Gasteiger partial charge in [-0.25, -0.2) is 0 Å². The predicted octanol–water partition coefficient (Wildman–Crippen LogP) is 1.94. The lowest BCUT2D eigenvalue weighted by Crippen LogP contribution is -2.32. The van der Waals surface area contributed by atoms with Gasteiger partial charge in [0.05, 0.1) is 6.61 Å². The number of nitrogens with two attached hydrogens (primary N) is 1. The van der Waals surface area contributed by atoms with Crippen molar-refractivity contribution < 1.29 is 9.53 Å². The maximum Gasteiger partial charge on any atom is 0.246 e. The van der Waals surface area contributed by atoms with E-state index in [0.29, 0.717) is 25.4 Å². The minimum atomic E-state index is -0.0700. The molecule has 0 aromatic heterocycles. The third-order valence-electron chi connectivity index (χ3n) is 2.56. The zero-order chi connectivity index (χ0) is 14.1. The first-order valence-corrected chi connectivity index (χ1v) is 6.09. The van der Waals surface area contributed by atoms with Gasteiger partial charge in [0, 0.05) is 32.0 Å². The Morgan fingerprint density at radius 1 is 1.53 bits per heavy atom. The molecular formula is C15H20N2O2. The van der Waals surface area contributed by atoms with E-state index in [1.807, 2.05) is 24.3 Å². The number of amides is 1. The van der Waals surface area contributed by atoms with Crippen LogP contribution in [0.15, 0.2) is 43.0 Å². The molecule has 0 aliphatic carbocycles. The first kappa shape index (κ1) is 15.0. The number of anilines is 1. The second-order valence-corrected chi connectivity index (χ2v) is 4.07. The van der Waals surface area contributed by atoms with Gasteiger partial charge < -0.3 is 15.4 Å². The number of carbonyl (C=O) groups is 1. The molecule has 0 unspecified atom stereocenters. The number of nitrogen functional groups attached to an aromatic ring is 1. The fourth-order valence-electron chi connectivity index (χ4n) is 1.58. The smallest absolute Gasteiger partial charge is 0.246 e. The van der Waals surface area contributed by atoms with Gasteiger partial charge in [0.25, 0.3) is 0 Å². The van der Waals surface area contributed by atoms with Crippen molar-refractivity contribution in [2.45, 2.75) is 0 Å². The van der Waals surface area contributed by atoms with Gasteiger partial charge in [0.15, 0.2) is 0 Å². The molecule has 1 aromatic carbocycles. The average Bonchev–Trinajstić information content (AvgIpc) is 2.41. The Labute approximate surface area is 114 Å². The van der Waals surface area contributed by atoms with E-state index in [4.69, 9.17) is 10.5 Å². The molecule has 2 N–H and O–H groups in total. The highest BCUT2D eigenvalue weighted by Crippen LogP contribution is 2.08. The summed E-state index contributed by atoms with van der Waals surface area (Å²) in [7, 11) is 1.61. The number of hydrogen-bond donors (Lipinski definition) is 1. The number of nitrogens with zero attached hydrogens (tertiary/aromatic N) is 1. The van der Waals surface area contributed by atoms with Crippen molar-refractivity contribution in [3.63, 3.8) is 0 Å². The molecule has 1 amide bonds. The molecule has 1 rings (SSSR count). The lowest BCUT2D eigenvalue weighted by molar-refractivity contribution is -0.126. The zero-order valence-corrected chi connectivity index (χ0v) is 11.2. The Bertz CT molecular complexity index is 455. The molecule has 19 heavy (non-hydrogen) atoms. The highest BCUT2D eigenvalue weighted by molar-refractivity contribution is 5.92. The maximum absolute atomic E-state index is 12.0. The van der Waals surface area contributed by atoms with E-state index in [0.717, 1.165) is 5.56 Å². The van der Waals surface area contributed by atoms with E-state index in [1.54, 1.807) is 24.2 Å². The fourth-order valence-corrected chi connectivity index (χ4v) is 1.58. The monoisotopic (exact) mass is 260 g/mol. The molecule has 0 fully saturated rings. The van der Waals surface area contributed by atoms with Crippen molar-refractivity contribution in [2.75, 3.05) is 32.5 Å². The Kier molecular flexibility index (Phi) is 6.39. The van der Waals surface area contributed by atoms with Crippen LogP contribution < -0.4 is 5.73 Å². The van der Waals surface area contributed by atoms with E-state index >= 15 is 0 Å². The quantitative estimate of drug-likeness (QED) is 0.463. The first-order valence-electron chi connectivity index (χ1n) is 6.09. The van der Waals surface area contributed by atoms with Crippen LogP contribution in [-0.2, 0) is 9.53 Å². The Balaban J connectivity index is 2.67. The molecule has 0 aliphatic heterocycles. The van der Waals surface area contributed by atoms with Crippen LogP contribution in [0.5, 0.6) is 0 Å². The van der Waals surface area contributed by atoms with Crippen LogP contribution in [0.3, 0.4) is 0 Å². The SMILES string of the molecule is C=CCN(CCOC)C(=O)/C=C/c1cccc(N)c1. The number of benzene rings is 1. The van der Waals surface area contributed by atoms with Crippen molar-refractivity contribution in [3.8, 4) is 0 Å². The van der Waals surface area contributed by atoms with Crippen molar-refractivity contribution in [2.24, 2.45) is 0 Å². The van der Waals surface area contributed by atoms with Crippen molar-refractivity contribution >= 4 is 17.7 Å². The molecule has 102 valence electrons. The summed E-state index contributed by atoms with van der Waals surface area (Å²) in [6.45, 7) is 5.20. The van der Waals surface area contributed by atoms with Gasteiger partial charge in [-0.05, 0) is 23.8 Å². The predicted molar refractivity (Wildman–Crippen MR) is 78.5 cm³/mol. The zero-order valence-electron chi connectivity index (χ0n) is 11.2. The third-order valence-corrected chi connectivity index (χ3v) is 2.56. The highest BCUT2D eigenvalue weighted by Gasteiger charge is 2.07. The summed E-state index contributed by atoms with van der Waals surface area (Å²) in [5.41, 5.74) is 7.26. The lowest BCUT2D eigenvalue weighted by Gasteiger charge is -2.18. The molecule has 0 bridgehead atoms. The van der Waals surface area contributed by atoms with Crippen molar-refractivity contribution in [3.05, 3.63) is 48.6 Å². The van der Waals surface area contributed by atoms with E-state index in [2.05, 4.69) is 6.58 Å². The summed E-state index contributed by atoms with van der Waals surface area (Å²) in [5.74, 6) is -0.0700. The van der Waals surface area contributed by atoms with Crippen LogP contribution in [0.2, 0.25) is 0 Å². The van der Waals surface area contributed by atoms with Gasteiger partial charge in [-0.1, -0.05) is 18.2 Å². The van der Waals surface area contributed by atoms with E-state index in [-0.39, 0.29) is 5.91 Å². The molecule has 0 aliphatic rings. The van der Waals surface area contributed by atoms with E-state index in [1.165, 1.54) is 6.08 Å². The van der Waals surface area contributed by atoms with Crippen molar-refractivity contribution in [1.29, 1.82) is 0 Å². The van der Waals surface area contributed by atoms with Crippen LogP contribution in [0, 0.1) is 0 Å². The summed E-state index contributed by atoms with van der Waals surface area (Å²) >= 11 is 0. The minimum absolute atomic E-state index is 0.0700. The summed E-state index contributed by atoms with van der Waals surface area (Å²) in [4.78, 5) is 13.7. The Morgan fingerprint density at radius 3 is 2.95 bits per heavy atom. The molecule has 0 radical (unpaired) electrons. The number of hydrogen-bond acceptors (Lipinski definition) is 3. The molecule has 0 spiro atoms. The van der Waals surface area contributed by atoms with Gasteiger partial charge in [-0.3, -0.25) is 4.79 Å². The molecule has 0 heterocycles. The summed E-state index contributed by atoms with van der Waals surface area (Å²) in [6, 6.07) is 7.37. The standard InChI is InChI=1S/C15H20N2O2/c1-3-9-17(10-11-19-2)15(18)8-7-13-5-4-6-14(16)12-13/h3-8,12H,1,9-11,16H2,2H3/b8-7+. The summed E-state index contributed by atoms with van der Waals surface area (Å²) < 4.78 is 4.98. The molecule has 0 saturated carbocycles. The first-order chi connectivity index (χ1) is 9.17.